The highest BCUT2D eigenvalue weighted by Crippen LogP contribution is 2.31. The Labute approximate surface area is 115 Å². The molecule has 1 aliphatic rings. The maximum Gasteiger partial charge on any atom is 0.416 e. The van der Waals surface area contributed by atoms with E-state index in [0.29, 0.717) is 26.1 Å². The third kappa shape index (κ3) is 2.97. The second-order valence-corrected chi connectivity index (χ2v) is 6.71. The van der Waals surface area contributed by atoms with Crippen LogP contribution >= 0.6 is 0 Å². The van der Waals surface area contributed by atoms with E-state index >= 15 is 0 Å². The van der Waals surface area contributed by atoms with Gasteiger partial charge in [0.1, 0.15) is 0 Å². The van der Waals surface area contributed by atoms with Crippen molar-refractivity contribution >= 4 is 10.0 Å². The molecule has 1 atom stereocenters. The van der Waals surface area contributed by atoms with Crippen molar-refractivity contribution in [3.63, 3.8) is 0 Å². The highest BCUT2D eigenvalue weighted by molar-refractivity contribution is 7.89. The molecule has 112 valence electrons. The third-order valence-electron chi connectivity index (χ3n) is 3.40. The summed E-state index contributed by atoms with van der Waals surface area (Å²) in [5.74, 6) is 0.110. The number of nitrogens with two attached hydrogens (primary N) is 1. The summed E-state index contributed by atoms with van der Waals surface area (Å²) in [5.41, 5.74) is 4.64. The van der Waals surface area contributed by atoms with Crippen molar-refractivity contribution in [2.24, 2.45) is 11.7 Å². The minimum absolute atomic E-state index is 0.110. The predicted octanol–water partition coefficient (Wildman–Crippen LogP) is 1.67. The molecule has 1 aromatic rings. The molecule has 0 radical (unpaired) electrons. The summed E-state index contributed by atoms with van der Waals surface area (Å²) in [6.45, 7) is 1.07. The first-order valence-electron chi connectivity index (χ1n) is 6.12. The molecule has 8 heteroatoms. The van der Waals surface area contributed by atoms with Crippen LogP contribution in [0.15, 0.2) is 29.2 Å². The van der Waals surface area contributed by atoms with Crippen molar-refractivity contribution in [1.29, 1.82) is 0 Å². The van der Waals surface area contributed by atoms with Crippen LogP contribution in [0, 0.1) is 5.92 Å². The van der Waals surface area contributed by atoms with Crippen molar-refractivity contribution in [2.45, 2.75) is 17.5 Å². The molecule has 0 spiro atoms. The van der Waals surface area contributed by atoms with Gasteiger partial charge in [0.2, 0.25) is 10.0 Å². The van der Waals surface area contributed by atoms with Gasteiger partial charge in [0.05, 0.1) is 10.5 Å². The maximum absolute atomic E-state index is 12.4. The van der Waals surface area contributed by atoms with Crippen molar-refractivity contribution in [2.75, 3.05) is 19.6 Å². The van der Waals surface area contributed by atoms with Gasteiger partial charge in [0.15, 0.2) is 0 Å². The Hall–Kier alpha value is -1.12. The van der Waals surface area contributed by atoms with Gasteiger partial charge in [0.25, 0.3) is 0 Å². The van der Waals surface area contributed by atoms with Crippen LogP contribution in [0.4, 0.5) is 13.2 Å². The standard InChI is InChI=1S/C12H15F3N2O2S/c13-12(14,15)10-1-3-11(4-2-10)20(18,19)17-6-5-9(7-16)8-17/h1-4,9H,5-8,16H2/t9-/m1/s1. The topological polar surface area (TPSA) is 63.4 Å². The van der Waals surface area contributed by atoms with Gasteiger partial charge in [-0.1, -0.05) is 0 Å². The molecule has 1 aliphatic heterocycles. The molecule has 2 N–H and O–H groups in total. The zero-order valence-corrected chi connectivity index (χ0v) is 11.4. The van der Waals surface area contributed by atoms with Crippen LogP contribution in [0.5, 0.6) is 0 Å². The summed E-state index contributed by atoms with van der Waals surface area (Å²) in [7, 11) is -3.73. The summed E-state index contributed by atoms with van der Waals surface area (Å²) >= 11 is 0. The van der Waals surface area contributed by atoms with E-state index in [1.807, 2.05) is 0 Å². The quantitative estimate of drug-likeness (QED) is 0.924. The lowest BCUT2D eigenvalue weighted by Gasteiger charge is -2.17. The molecule has 0 bridgehead atoms. The third-order valence-corrected chi connectivity index (χ3v) is 5.28. The Bertz CT molecular complexity index is 569. The highest BCUT2D eigenvalue weighted by atomic mass is 32.2. The summed E-state index contributed by atoms with van der Waals surface area (Å²) in [4.78, 5) is -0.122. The second kappa shape index (κ2) is 5.34. The smallest absolute Gasteiger partial charge is 0.330 e. The lowest BCUT2D eigenvalue weighted by Crippen LogP contribution is -2.30. The van der Waals surface area contributed by atoms with Gasteiger partial charge in [-0.25, -0.2) is 8.42 Å². The van der Waals surface area contributed by atoms with Crippen LogP contribution in [0.25, 0.3) is 0 Å². The monoisotopic (exact) mass is 308 g/mol. The van der Waals surface area contributed by atoms with Crippen LogP contribution in [-0.4, -0.2) is 32.4 Å². The maximum atomic E-state index is 12.4. The van der Waals surface area contributed by atoms with E-state index in [0.717, 1.165) is 24.3 Å². The number of sulfonamides is 1. The van der Waals surface area contributed by atoms with Gasteiger partial charge >= 0.3 is 6.18 Å². The largest absolute Gasteiger partial charge is 0.416 e. The molecule has 0 saturated carbocycles. The van der Waals surface area contributed by atoms with E-state index in [1.54, 1.807) is 0 Å². The molecule has 1 aromatic carbocycles. The Morgan fingerprint density at radius 2 is 1.85 bits per heavy atom. The van der Waals surface area contributed by atoms with E-state index < -0.39 is 21.8 Å². The van der Waals surface area contributed by atoms with E-state index in [9.17, 15) is 21.6 Å². The van der Waals surface area contributed by atoms with Gasteiger partial charge < -0.3 is 5.73 Å². The molecular formula is C12H15F3N2O2S. The normalized spacial score (nSPS) is 21.3. The van der Waals surface area contributed by atoms with Gasteiger partial charge in [-0.15, -0.1) is 0 Å². The van der Waals surface area contributed by atoms with Crippen LogP contribution in [-0.2, 0) is 16.2 Å². The molecule has 0 amide bonds. The first-order valence-corrected chi connectivity index (χ1v) is 7.56. The average molecular weight is 308 g/mol. The van der Waals surface area contributed by atoms with Crippen molar-refractivity contribution < 1.29 is 21.6 Å². The Kier molecular flexibility index (Phi) is 4.08. The van der Waals surface area contributed by atoms with Crippen molar-refractivity contribution in [3.05, 3.63) is 29.8 Å². The first kappa shape index (κ1) is 15.3. The highest BCUT2D eigenvalue weighted by Gasteiger charge is 2.34. The molecule has 0 unspecified atom stereocenters. The number of hydrogen-bond acceptors (Lipinski definition) is 3. The van der Waals surface area contributed by atoms with Crippen molar-refractivity contribution in [3.8, 4) is 0 Å². The Balaban J connectivity index is 2.23. The molecule has 1 saturated heterocycles. The predicted molar refractivity (Wildman–Crippen MR) is 67.4 cm³/mol. The number of hydrogen-bond donors (Lipinski definition) is 1. The van der Waals surface area contributed by atoms with Crippen molar-refractivity contribution in [1.82, 2.24) is 4.31 Å². The van der Waals surface area contributed by atoms with Crippen LogP contribution in [0.1, 0.15) is 12.0 Å². The number of nitrogens with zero attached hydrogens (tertiary/aromatic N) is 1. The summed E-state index contributed by atoms with van der Waals surface area (Å²) in [5, 5.41) is 0. The van der Waals surface area contributed by atoms with Crippen LogP contribution in [0.2, 0.25) is 0 Å². The molecule has 4 nitrogen and oxygen atoms in total. The number of benzene rings is 1. The SMILES string of the molecule is NC[C@H]1CCN(S(=O)(=O)c2ccc(C(F)(F)F)cc2)C1. The summed E-state index contributed by atoms with van der Waals surface area (Å²) < 4.78 is 63.1. The summed E-state index contributed by atoms with van der Waals surface area (Å²) in [6, 6.07) is 3.55. The lowest BCUT2D eigenvalue weighted by molar-refractivity contribution is -0.137. The van der Waals surface area contributed by atoms with Crippen LogP contribution in [0.3, 0.4) is 0 Å². The number of halogens is 3. The zero-order chi connectivity index (χ0) is 15.0. The van der Waals surface area contributed by atoms with Gasteiger partial charge in [-0.3, -0.25) is 0 Å². The molecule has 0 aliphatic carbocycles. The molecule has 2 rings (SSSR count). The van der Waals surface area contributed by atoms with Crippen LogP contribution < -0.4 is 5.73 Å². The average Bonchev–Trinajstić information content (AvgIpc) is 2.87. The molecular weight excluding hydrogens is 293 g/mol. The number of rotatable bonds is 3. The molecule has 1 heterocycles. The van der Waals surface area contributed by atoms with Gasteiger partial charge in [-0.2, -0.15) is 17.5 Å². The minimum Gasteiger partial charge on any atom is -0.330 e. The fourth-order valence-corrected chi connectivity index (χ4v) is 3.70. The Morgan fingerprint density at radius 3 is 2.30 bits per heavy atom. The molecule has 1 fully saturated rings. The van der Waals surface area contributed by atoms with Gasteiger partial charge in [0, 0.05) is 13.1 Å². The van der Waals surface area contributed by atoms with E-state index in [1.165, 1.54) is 4.31 Å². The van der Waals surface area contributed by atoms with E-state index in [4.69, 9.17) is 5.73 Å². The van der Waals surface area contributed by atoms with E-state index in [-0.39, 0.29) is 10.8 Å². The molecule has 20 heavy (non-hydrogen) atoms. The second-order valence-electron chi connectivity index (χ2n) is 4.78. The summed E-state index contributed by atoms with van der Waals surface area (Å²) in [6.07, 6.45) is -3.79. The Morgan fingerprint density at radius 1 is 1.25 bits per heavy atom. The van der Waals surface area contributed by atoms with Gasteiger partial charge in [-0.05, 0) is 43.1 Å². The first-order chi connectivity index (χ1) is 9.25. The minimum atomic E-state index is -4.47. The fraction of sp³-hybridized carbons (Fsp3) is 0.500. The zero-order valence-electron chi connectivity index (χ0n) is 10.6. The molecule has 0 aromatic heterocycles. The lowest BCUT2D eigenvalue weighted by atomic mass is 10.1. The number of alkyl halides is 3. The van der Waals surface area contributed by atoms with E-state index in [2.05, 4.69) is 0 Å². The fourth-order valence-electron chi connectivity index (χ4n) is 2.17.